The van der Waals surface area contributed by atoms with E-state index in [9.17, 15) is 9.90 Å². The Balaban J connectivity index is 2.26. The number of aromatic nitrogens is 4. The van der Waals surface area contributed by atoms with Crippen molar-refractivity contribution in [3.05, 3.63) is 17.0 Å². The van der Waals surface area contributed by atoms with Crippen LogP contribution in [0.2, 0.25) is 0 Å². The van der Waals surface area contributed by atoms with Crippen molar-refractivity contribution < 1.29 is 9.90 Å². The molecule has 1 N–H and O–H groups in total. The Labute approximate surface area is 127 Å². The summed E-state index contributed by atoms with van der Waals surface area (Å²) < 4.78 is 1.62. The minimum absolute atomic E-state index is 0.302. The fraction of sp³-hybridized carbons (Fsp3) is 0.571. The van der Waals surface area contributed by atoms with Crippen LogP contribution in [0.4, 0.5) is 0 Å². The van der Waals surface area contributed by atoms with Gasteiger partial charge in [-0.3, -0.25) is 4.79 Å². The lowest BCUT2D eigenvalue weighted by Crippen LogP contribution is -2.23. The zero-order chi connectivity index (χ0) is 15.4. The topological polar surface area (TPSA) is 80.9 Å². The second-order valence-corrected chi connectivity index (χ2v) is 6.39. The van der Waals surface area contributed by atoms with Crippen LogP contribution in [0.25, 0.3) is 10.7 Å². The maximum Gasteiger partial charge on any atom is 0.308 e. The summed E-state index contributed by atoms with van der Waals surface area (Å²) in [5.74, 6) is -0.292. The van der Waals surface area contributed by atoms with Crippen LogP contribution in [0.3, 0.4) is 0 Å². The van der Waals surface area contributed by atoms with Crippen molar-refractivity contribution in [2.24, 2.45) is 11.8 Å². The number of carbonyl (C=O) groups is 1. The molecule has 114 valence electrons. The quantitative estimate of drug-likeness (QED) is 0.850. The van der Waals surface area contributed by atoms with E-state index in [1.165, 1.54) is 5.56 Å². The summed E-state index contributed by atoms with van der Waals surface area (Å²) >= 11 is 1.58. The highest BCUT2D eigenvalue weighted by Crippen LogP contribution is 2.28. The van der Waals surface area contributed by atoms with Crippen molar-refractivity contribution >= 4 is 17.3 Å². The van der Waals surface area contributed by atoms with Crippen LogP contribution in [-0.2, 0) is 17.8 Å². The van der Waals surface area contributed by atoms with Crippen LogP contribution < -0.4 is 0 Å². The van der Waals surface area contributed by atoms with E-state index in [0.717, 1.165) is 11.3 Å². The lowest BCUT2D eigenvalue weighted by molar-refractivity contribution is -0.142. The molecule has 2 aromatic rings. The Hall–Kier alpha value is -1.76. The molecule has 0 saturated heterocycles. The Kier molecular flexibility index (Phi) is 5.06. The first kappa shape index (κ1) is 15.6. The van der Waals surface area contributed by atoms with Crippen LogP contribution in [0.15, 0.2) is 11.4 Å². The number of aryl methyl sites for hydroxylation is 1. The maximum atomic E-state index is 11.4. The van der Waals surface area contributed by atoms with Crippen LogP contribution >= 0.6 is 11.3 Å². The van der Waals surface area contributed by atoms with E-state index in [1.807, 2.05) is 19.2 Å². The predicted molar refractivity (Wildman–Crippen MR) is 81.1 cm³/mol. The first-order valence-electron chi connectivity index (χ1n) is 7.08. The lowest BCUT2D eigenvalue weighted by atomic mass is 9.97. The van der Waals surface area contributed by atoms with Gasteiger partial charge in [-0.15, -0.1) is 16.4 Å². The molecule has 21 heavy (non-hydrogen) atoms. The molecular weight excluding hydrogens is 288 g/mol. The number of nitrogens with zero attached hydrogens (tertiary/aromatic N) is 4. The van der Waals surface area contributed by atoms with Gasteiger partial charge in [-0.05, 0) is 46.2 Å². The molecule has 0 aliphatic rings. The largest absolute Gasteiger partial charge is 0.481 e. The zero-order valence-electron chi connectivity index (χ0n) is 12.5. The molecule has 0 aliphatic heterocycles. The molecule has 2 rings (SSSR count). The van der Waals surface area contributed by atoms with Crippen LogP contribution in [0, 0.1) is 11.8 Å². The minimum atomic E-state index is -0.799. The molecule has 1 atom stereocenters. The molecule has 0 aromatic carbocycles. The van der Waals surface area contributed by atoms with Gasteiger partial charge in [-0.1, -0.05) is 20.8 Å². The molecule has 0 aliphatic carbocycles. The summed E-state index contributed by atoms with van der Waals surface area (Å²) in [5.41, 5.74) is 1.19. The minimum Gasteiger partial charge on any atom is -0.481 e. The van der Waals surface area contributed by atoms with E-state index in [2.05, 4.69) is 28.5 Å². The summed E-state index contributed by atoms with van der Waals surface area (Å²) in [6.45, 7) is 6.42. The second-order valence-electron chi connectivity index (χ2n) is 5.48. The van der Waals surface area contributed by atoms with Gasteiger partial charge < -0.3 is 5.11 Å². The van der Waals surface area contributed by atoms with Crippen molar-refractivity contribution in [3.63, 3.8) is 0 Å². The summed E-state index contributed by atoms with van der Waals surface area (Å²) in [7, 11) is 0. The van der Waals surface area contributed by atoms with Crippen molar-refractivity contribution in [1.82, 2.24) is 20.2 Å². The third-order valence-corrected chi connectivity index (χ3v) is 4.31. The van der Waals surface area contributed by atoms with Gasteiger partial charge in [-0.2, -0.15) is 0 Å². The highest BCUT2D eigenvalue weighted by Gasteiger charge is 2.23. The Morgan fingerprint density at radius 2 is 2.24 bits per heavy atom. The van der Waals surface area contributed by atoms with Gasteiger partial charge in [0.1, 0.15) is 0 Å². The molecule has 2 heterocycles. The standard InChI is InChI=1S/C14H20N4O2S/c1-4-10-5-6-21-12(10)13-15-16-17-18(13)8-11(14(19)20)7-9(2)3/h5-6,9,11H,4,7-8H2,1-3H3,(H,19,20). The van der Waals surface area contributed by atoms with E-state index in [0.29, 0.717) is 24.7 Å². The summed E-state index contributed by atoms with van der Waals surface area (Å²) in [5, 5.41) is 23.1. The van der Waals surface area contributed by atoms with E-state index in [1.54, 1.807) is 16.0 Å². The summed E-state index contributed by atoms with van der Waals surface area (Å²) in [4.78, 5) is 12.4. The van der Waals surface area contributed by atoms with Crippen LogP contribution in [-0.4, -0.2) is 31.3 Å². The molecule has 0 radical (unpaired) electrons. The molecule has 0 amide bonds. The second kappa shape index (κ2) is 6.80. The van der Waals surface area contributed by atoms with E-state index in [-0.39, 0.29) is 0 Å². The van der Waals surface area contributed by atoms with Crippen molar-refractivity contribution in [2.75, 3.05) is 0 Å². The summed E-state index contributed by atoms with van der Waals surface area (Å²) in [6, 6.07) is 2.06. The number of hydrogen-bond acceptors (Lipinski definition) is 5. The molecule has 1 unspecified atom stereocenters. The van der Waals surface area contributed by atoms with Gasteiger partial charge in [0.2, 0.25) is 0 Å². The van der Waals surface area contributed by atoms with Gasteiger partial charge in [0.25, 0.3) is 0 Å². The van der Waals surface area contributed by atoms with Crippen LogP contribution in [0.1, 0.15) is 32.8 Å². The van der Waals surface area contributed by atoms with Crippen molar-refractivity contribution in [3.8, 4) is 10.7 Å². The van der Waals surface area contributed by atoms with Crippen LogP contribution in [0.5, 0.6) is 0 Å². The number of carboxylic acids is 1. The number of thiophene rings is 1. The number of rotatable bonds is 7. The fourth-order valence-electron chi connectivity index (χ4n) is 2.33. The SMILES string of the molecule is CCc1ccsc1-c1nnnn1CC(CC(C)C)C(=O)O. The lowest BCUT2D eigenvalue weighted by Gasteiger charge is -2.15. The molecule has 0 bridgehead atoms. The first-order chi connectivity index (χ1) is 10.0. The third-order valence-electron chi connectivity index (χ3n) is 3.36. The normalized spacial score (nSPS) is 12.8. The van der Waals surface area contributed by atoms with E-state index < -0.39 is 11.9 Å². The fourth-order valence-corrected chi connectivity index (χ4v) is 3.32. The van der Waals surface area contributed by atoms with Gasteiger partial charge in [0, 0.05) is 0 Å². The average Bonchev–Trinajstić information content (AvgIpc) is 3.04. The van der Waals surface area contributed by atoms with Crippen molar-refractivity contribution in [2.45, 2.75) is 40.2 Å². The number of carboxylic acid groups (broad SMARTS) is 1. The Morgan fingerprint density at radius 3 is 2.86 bits per heavy atom. The van der Waals surface area contributed by atoms with Gasteiger partial charge in [0.05, 0.1) is 17.3 Å². The molecule has 7 heteroatoms. The number of hydrogen-bond donors (Lipinski definition) is 1. The van der Waals surface area contributed by atoms with Gasteiger partial charge >= 0.3 is 5.97 Å². The average molecular weight is 308 g/mol. The number of aliphatic carboxylic acids is 1. The molecule has 0 spiro atoms. The monoisotopic (exact) mass is 308 g/mol. The maximum absolute atomic E-state index is 11.4. The highest BCUT2D eigenvalue weighted by molar-refractivity contribution is 7.13. The van der Waals surface area contributed by atoms with Gasteiger partial charge in [-0.25, -0.2) is 4.68 Å². The smallest absolute Gasteiger partial charge is 0.308 e. The Bertz CT molecular complexity index is 606. The Morgan fingerprint density at radius 1 is 1.48 bits per heavy atom. The first-order valence-corrected chi connectivity index (χ1v) is 7.96. The third kappa shape index (κ3) is 3.66. The molecule has 0 saturated carbocycles. The molecular formula is C14H20N4O2S. The molecule has 0 fully saturated rings. The van der Waals surface area contributed by atoms with Crippen molar-refractivity contribution in [1.29, 1.82) is 0 Å². The molecule has 2 aromatic heterocycles. The predicted octanol–water partition coefficient (Wildman–Crippen LogP) is 2.71. The highest BCUT2D eigenvalue weighted by atomic mass is 32.1. The zero-order valence-corrected chi connectivity index (χ0v) is 13.3. The van der Waals surface area contributed by atoms with Gasteiger partial charge in [0.15, 0.2) is 5.82 Å². The molecule has 6 nitrogen and oxygen atoms in total. The van der Waals surface area contributed by atoms with E-state index in [4.69, 9.17) is 0 Å². The van der Waals surface area contributed by atoms with E-state index >= 15 is 0 Å². The number of tetrazole rings is 1. The summed E-state index contributed by atoms with van der Waals surface area (Å²) in [6.07, 6.45) is 1.51.